The Kier molecular flexibility index (Phi) is 4.18. The molecule has 2 aromatic heterocycles. The van der Waals surface area contributed by atoms with E-state index in [1.807, 2.05) is 55.6 Å². The number of fused-ring (bicyclic) bond motifs is 2. The second kappa shape index (κ2) is 6.65. The smallest absolute Gasteiger partial charge is 0.276 e. The number of aromatic amines is 2. The van der Waals surface area contributed by atoms with Crippen molar-refractivity contribution in [2.75, 3.05) is 32.2 Å². The molecule has 26 heavy (non-hydrogen) atoms. The molecule has 2 N–H and O–H groups in total. The van der Waals surface area contributed by atoms with Crippen molar-refractivity contribution in [1.29, 1.82) is 0 Å². The van der Waals surface area contributed by atoms with E-state index in [1.54, 1.807) is 7.11 Å². The van der Waals surface area contributed by atoms with Crippen molar-refractivity contribution in [3.8, 4) is 11.4 Å². The molecule has 4 aromatic rings. The standard InChI is InChI=1S/C20H20N4O2/c1-24(9-10-26-2)14-7-8-16-17(12-14)22-19(20(25)23-16)18-11-13-5-3-4-6-15(13)21-18/h3-8,11-12,21H,9-10H2,1-2H3,(H,23,25). The number of aromatic nitrogens is 3. The lowest BCUT2D eigenvalue weighted by Crippen LogP contribution is -2.22. The van der Waals surface area contributed by atoms with Gasteiger partial charge in [-0.1, -0.05) is 18.2 Å². The largest absolute Gasteiger partial charge is 0.383 e. The molecular formula is C20H20N4O2. The number of methoxy groups -OCH3 is 1. The normalized spacial score (nSPS) is 11.3. The zero-order chi connectivity index (χ0) is 18.1. The summed E-state index contributed by atoms with van der Waals surface area (Å²) in [6.45, 7) is 1.42. The number of hydrogen-bond acceptors (Lipinski definition) is 4. The Bertz CT molecular complexity index is 1100. The van der Waals surface area contributed by atoms with E-state index in [-0.39, 0.29) is 5.56 Å². The SMILES string of the molecule is COCCN(C)c1ccc2[nH]c(=O)c(-c3cc4ccccc4[nH]3)nc2c1. The minimum Gasteiger partial charge on any atom is -0.383 e. The number of nitrogens with zero attached hydrogens (tertiary/aromatic N) is 2. The highest BCUT2D eigenvalue weighted by atomic mass is 16.5. The van der Waals surface area contributed by atoms with E-state index >= 15 is 0 Å². The molecule has 4 rings (SSSR count). The Morgan fingerprint density at radius 1 is 1.08 bits per heavy atom. The Morgan fingerprint density at radius 3 is 2.73 bits per heavy atom. The van der Waals surface area contributed by atoms with Gasteiger partial charge >= 0.3 is 0 Å². The maximum Gasteiger partial charge on any atom is 0.276 e. The van der Waals surface area contributed by atoms with Gasteiger partial charge in [-0.05, 0) is 30.3 Å². The van der Waals surface area contributed by atoms with Gasteiger partial charge in [0.05, 0.1) is 23.3 Å². The van der Waals surface area contributed by atoms with Crippen LogP contribution in [-0.4, -0.2) is 42.3 Å². The van der Waals surface area contributed by atoms with Crippen LogP contribution in [0, 0.1) is 0 Å². The Labute approximate surface area is 150 Å². The van der Waals surface area contributed by atoms with E-state index in [9.17, 15) is 4.79 Å². The summed E-state index contributed by atoms with van der Waals surface area (Å²) in [4.78, 5) is 25.4. The number of para-hydroxylation sites is 1. The summed E-state index contributed by atoms with van der Waals surface area (Å²) in [7, 11) is 3.69. The van der Waals surface area contributed by atoms with Gasteiger partial charge in [0.1, 0.15) is 0 Å². The van der Waals surface area contributed by atoms with Gasteiger partial charge in [0.15, 0.2) is 5.69 Å². The Hall–Kier alpha value is -3.12. The first-order chi connectivity index (χ1) is 12.7. The lowest BCUT2D eigenvalue weighted by atomic mass is 10.2. The Balaban J connectivity index is 1.79. The van der Waals surface area contributed by atoms with Crippen molar-refractivity contribution in [2.24, 2.45) is 0 Å². The van der Waals surface area contributed by atoms with E-state index in [0.717, 1.165) is 34.2 Å². The fraction of sp³-hybridized carbons (Fsp3) is 0.200. The molecule has 0 bridgehead atoms. The minimum absolute atomic E-state index is 0.204. The lowest BCUT2D eigenvalue weighted by molar-refractivity contribution is 0.206. The quantitative estimate of drug-likeness (QED) is 0.581. The fourth-order valence-corrected chi connectivity index (χ4v) is 3.05. The summed E-state index contributed by atoms with van der Waals surface area (Å²) < 4.78 is 5.13. The number of nitrogens with one attached hydrogen (secondary N) is 2. The molecule has 0 saturated carbocycles. The molecule has 0 unspecified atom stereocenters. The monoisotopic (exact) mass is 348 g/mol. The molecule has 2 heterocycles. The van der Waals surface area contributed by atoms with Crippen LogP contribution in [0.25, 0.3) is 33.3 Å². The summed E-state index contributed by atoms with van der Waals surface area (Å²) in [5.41, 5.74) is 4.38. The van der Waals surface area contributed by atoms with Crippen LogP contribution in [-0.2, 0) is 4.74 Å². The van der Waals surface area contributed by atoms with Gasteiger partial charge in [-0.2, -0.15) is 0 Å². The van der Waals surface area contributed by atoms with E-state index in [1.165, 1.54) is 0 Å². The van der Waals surface area contributed by atoms with Crippen molar-refractivity contribution in [1.82, 2.24) is 15.0 Å². The second-order valence-corrected chi connectivity index (χ2v) is 6.30. The number of likely N-dealkylation sites (N-methyl/N-ethyl adjacent to an activating group) is 1. The fourth-order valence-electron chi connectivity index (χ4n) is 3.05. The topological polar surface area (TPSA) is 74.0 Å². The molecule has 0 saturated heterocycles. The summed E-state index contributed by atoms with van der Waals surface area (Å²) in [5.74, 6) is 0. The van der Waals surface area contributed by atoms with E-state index < -0.39 is 0 Å². The molecule has 0 atom stereocenters. The molecule has 0 aliphatic carbocycles. The molecule has 6 heteroatoms. The lowest BCUT2D eigenvalue weighted by Gasteiger charge is -2.19. The predicted octanol–water partition coefficient (Wildman–Crippen LogP) is 3.15. The van der Waals surface area contributed by atoms with E-state index in [2.05, 4.69) is 19.9 Å². The van der Waals surface area contributed by atoms with Gasteiger partial charge in [0, 0.05) is 37.3 Å². The zero-order valence-corrected chi connectivity index (χ0v) is 14.7. The number of rotatable bonds is 5. The molecule has 6 nitrogen and oxygen atoms in total. The van der Waals surface area contributed by atoms with Crippen LogP contribution in [0.15, 0.2) is 53.3 Å². The highest BCUT2D eigenvalue weighted by Gasteiger charge is 2.11. The zero-order valence-electron chi connectivity index (χ0n) is 14.7. The highest BCUT2D eigenvalue weighted by molar-refractivity contribution is 5.86. The molecule has 0 amide bonds. The number of benzene rings is 2. The van der Waals surface area contributed by atoms with E-state index in [4.69, 9.17) is 4.74 Å². The summed E-state index contributed by atoms with van der Waals surface area (Å²) in [6.07, 6.45) is 0. The van der Waals surface area contributed by atoms with Gasteiger partial charge in [-0.25, -0.2) is 4.98 Å². The van der Waals surface area contributed by atoms with Crippen LogP contribution in [0.3, 0.4) is 0 Å². The average Bonchev–Trinajstić information content (AvgIpc) is 3.09. The Morgan fingerprint density at radius 2 is 1.92 bits per heavy atom. The summed E-state index contributed by atoms with van der Waals surface area (Å²) >= 11 is 0. The molecule has 2 aromatic carbocycles. The van der Waals surface area contributed by atoms with Crippen LogP contribution >= 0.6 is 0 Å². The minimum atomic E-state index is -0.204. The van der Waals surface area contributed by atoms with Crippen molar-refractivity contribution in [3.05, 3.63) is 58.9 Å². The number of H-pyrrole nitrogens is 2. The van der Waals surface area contributed by atoms with Gasteiger partial charge in [-0.3, -0.25) is 4.79 Å². The molecule has 0 spiro atoms. The van der Waals surface area contributed by atoms with Crippen LogP contribution < -0.4 is 10.5 Å². The van der Waals surface area contributed by atoms with Crippen LogP contribution in [0.1, 0.15) is 0 Å². The first-order valence-corrected chi connectivity index (χ1v) is 8.48. The number of hydrogen-bond donors (Lipinski definition) is 2. The molecule has 0 aliphatic heterocycles. The van der Waals surface area contributed by atoms with Gasteiger partial charge in [-0.15, -0.1) is 0 Å². The molecule has 0 aliphatic rings. The average molecular weight is 348 g/mol. The summed E-state index contributed by atoms with van der Waals surface area (Å²) in [5, 5.41) is 1.05. The first kappa shape index (κ1) is 16.4. The maximum absolute atomic E-state index is 12.5. The van der Waals surface area contributed by atoms with Crippen molar-refractivity contribution >= 4 is 27.6 Å². The molecule has 132 valence electrons. The molecule has 0 radical (unpaired) electrons. The maximum atomic E-state index is 12.5. The molecular weight excluding hydrogens is 328 g/mol. The van der Waals surface area contributed by atoms with Gasteiger partial charge in [0.25, 0.3) is 5.56 Å². The van der Waals surface area contributed by atoms with Gasteiger partial charge in [0.2, 0.25) is 0 Å². The molecule has 0 fully saturated rings. The third kappa shape index (κ3) is 2.95. The number of ether oxygens (including phenoxy) is 1. The highest BCUT2D eigenvalue weighted by Crippen LogP contribution is 2.23. The van der Waals surface area contributed by atoms with Gasteiger partial charge < -0.3 is 19.6 Å². The number of anilines is 1. The third-order valence-corrected chi connectivity index (χ3v) is 4.53. The second-order valence-electron chi connectivity index (χ2n) is 6.30. The third-order valence-electron chi connectivity index (χ3n) is 4.53. The van der Waals surface area contributed by atoms with E-state index in [0.29, 0.717) is 18.0 Å². The van der Waals surface area contributed by atoms with Crippen LogP contribution in [0.2, 0.25) is 0 Å². The van der Waals surface area contributed by atoms with Crippen molar-refractivity contribution < 1.29 is 4.74 Å². The predicted molar refractivity (Wildman–Crippen MR) is 105 cm³/mol. The van der Waals surface area contributed by atoms with Crippen molar-refractivity contribution in [2.45, 2.75) is 0 Å². The van der Waals surface area contributed by atoms with Crippen molar-refractivity contribution in [3.63, 3.8) is 0 Å². The summed E-state index contributed by atoms with van der Waals surface area (Å²) in [6, 6.07) is 15.7. The van der Waals surface area contributed by atoms with Crippen LogP contribution in [0.4, 0.5) is 5.69 Å². The first-order valence-electron chi connectivity index (χ1n) is 8.48. The van der Waals surface area contributed by atoms with Crippen LogP contribution in [0.5, 0.6) is 0 Å².